The van der Waals surface area contributed by atoms with Crippen LogP contribution in [0.5, 0.6) is 0 Å². The third-order valence-corrected chi connectivity index (χ3v) is 3.65. The zero-order chi connectivity index (χ0) is 13.2. The molecule has 1 aliphatic rings. The molecule has 4 nitrogen and oxygen atoms in total. The maximum Gasteiger partial charge on any atom is 0.226 e. The molecule has 1 aromatic carbocycles. The smallest absolute Gasteiger partial charge is 0.226 e. The quantitative estimate of drug-likeness (QED) is 0.942. The Balaban J connectivity index is 0.00000147. The zero-order valence-electron chi connectivity index (χ0n) is 11.2. The van der Waals surface area contributed by atoms with E-state index < -0.39 is 0 Å². The van der Waals surface area contributed by atoms with Crippen molar-refractivity contribution in [3.8, 4) is 11.5 Å². The second-order valence-electron chi connectivity index (χ2n) is 4.88. The second kappa shape index (κ2) is 6.59. The SMILES string of the molecule is CN(Cc1coc(-c2cccc(Cl)c2)n1)C1CNC1.Cl. The molecule has 3 rings (SSSR count). The number of benzene rings is 1. The first kappa shape index (κ1) is 15.3. The van der Waals surface area contributed by atoms with E-state index in [0.29, 0.717) is 17.0 Å². The highest BCUT2D eigenvalue weighted by atomic mass is 35.5. The number of nitrogens with one attached hydrogen (secondary N) is 1. The Morgan fingerprint density at radius 3 is 2.90 bits per heavy atom. The van der Waals surface area contributed by atoms with Crippen LogP contribution >= 0.6 is 24.0 Å². The average Bonchev–Trinajstić information content (AvgIpc) is 2.75. The summed E-state index contributed by atoms with van der Waals surface area (Å²) in [6.07, 6.45) is 1.72. The molecule has 2 heterocycles. The van der Waals surface area contributed by atoms with Crippen molar-refractivity contribution in [2.75, 3.05) is 20.1 Å². The Hall–Kier alpha value is -1.07. The van der Waals surface area contributed by atoms with E-state index in [-0.39, 0.29) is 12.4 Å². The van der Waals surface area contributed by atoms with E-state index in [1.54, 1.807) is 6.26 Å². The zero-order valence-corrected chi connectivity index (χ0v) is 12.7. The molecule has 1 fully saturated rings. The summed E-state index contributed by atoms with van der Waals surface area (Å²) in [5.74, 6) is 0.623. The molecule has 0 radical (unpaired) electrons. The van der Waals surface area contributed by atoms with Crippen LogP contribution in [0.1, 0.15) is 5.69 Å². The second-order valence-corrected chi connectivity index (χ2v) is 5.32. The Morgan fingerprint density at radius 2 is 2.25 bits per heavy atom. The Morgan fingerprint density at radius 1 is 1.45 bits per heavy atom. The predicted octanol–water partition coefficient (Wildman–Crippen LogP) is 2.82. The van der Waals surface area contributed by atoms with Crippen LogP contribution in [-0.4, -0.2) is 36.1 Å². The summed E-state index contributed by atoms with van der Waals surface area (Å²) >= 11 is 5.97. The number of hydrogen-bond donors (Lipinski definition) is 1. The number of rotatable bonds is 4. The maximum atomic E-state index is 5.97. The normalized spacial score (nSPS) is 14.9. The Bertz CT molecular complexity index is 569. The number of nitrogens with zero attached hydrogens (tertiary/aromatic N) is 2. The van der Waals surface area contributed by atoms with Crippen LogP contribution < -0.4 is 5.32 Å². The molecule has 1 saturated heterocycles. The van der Waals surface area contributed by atoms with Gasteiger partial charge in [0.15, 0.2) is 0 Å². The van der Waals surface area contributed by atoms with Gasteiger partial charge in [-0.15, -0.1) is 12.4 Å². The van der Waals surface area contributed by atoms with Crippen molar-refractivity contribution in [3.63, 3.8) is 0 Å². The number of aromatic nitrogens is 1. The van der Waals surface area contributed by atoms with Crippen molar-refractivity contribution in [2.45, 2.75) is 12.6 Å². The molecule has 1 aliphatic heterocycles. The van der Waals surface area contributed by atoms with Gasteiger partial charge in [-0.1, -0.05) is 17.7 Å². The van der Waals surface area contributed by atoms with Crippen LogP contribution in [-0.2, 0) is 6.54 Å². The standard InChI is InChI=1S/C14H16ClN3O.ClH/c1-18(13-6-16-7-13)8-12-9-19-14(17-12)10-3-2-4-11(15)5-10;/h2-5,9,13,16H,6-8H2,1H3;1H. The monoisotopic (exact) mass is 313 g/mol. The first-order valence-electron chi connectivity index (χ1n) is 6.33. The minimum atomic E-state index is 0. The van der Waals surface area contributed by atoms with Gasteiger partial charge in [0.05, 0.1) is 5.69 Å². The van der Waals surface area contributed by atoms with Crippen LogP contribution in [0.4, 0.5) is 0 Å². The van der Waals surface area contributed by atoms with E-state index in [1.165, 1.54) is 0 Å². The molecule has 0 bridgehead atoms. The van der Waals surface area contributed by atoms with Gasteiger partial charge in [-0.05, 0) is 25.2 Å². The summed E-state index contributed by atoms with van der Waals surface area (Å²) < 4.78 is 5.53. The predicted molar refractivity (Wildman–Crippen MR) is 82.3 cm³/mol. The lowest BCUT2D eigenvalue weighted by molar-refractivity contribution is 0.171. The molecule has 0 atom stereocenters. The summed E-state index contributed by atoms with van der Waals surface area (Å²) in [5.41, 5.74) is 1.86. The molecular weight excluding hydrogens is 297 g/mol. The van der Waals surface area contributed by atoms with Crippen LogP contribution in [0, 0.1) is 0 Å². The van der Waals surface area contributed by atoms with Gasteiger partial charge in [0.2, 0.25) is 5.89 Å². The largest absolute Gasteiger partial charge is 0.444 e. The highest BCUT2D eigenvalue weighted by Crippen LogP contribution is 2.22. The van der Waals surface area contributed by atoms with Gasteiger partial charge in [-0.3, -0.25) is 4.90 Å². The molecule has 0 unspecified atom stereocenters. The van der Waals surface area contributed by atoms with Crippen LogP contribution in [0.25, 0.3) is 11.5 Å². The molecule has 6 heteroatoms. The van der Waals surface area contributed by atoms with Gasteiger partial charge in [-0.25, -0.2) is 4.98 Å². The molecule has 1 N–H and O–H groups in total. The summed E-state index contributed by atoms with van der Waals surface area (Å²) in [6.45, 7) is 2.90. The molecule has 0 saturated carbocycles. The first-order chi connectivity index (χ1) is 9.22. The van der Waals surface area contributed by atoms with Crippen molar-refractivity contribution in [3.05, 3.63) is 41.2 Å². The van der Waals surface area contributed by atoms with E-state index in [9.17, 15) is 0 Å². The van der Waals surface area contributed by atoms with Gasteiger partial charge in [0.1, 0.15) is 6.26 Å². The van der Waals surface area contributed by atoms with Crippen LogP contribution in [0.15, 0.2) is 34.9 Å². The minimum absolute atomic E-state index is 0. The topological polar surface area (TPSA) is 41.3 Å². The molecule has 108 valence electrons. The fraction of sp³-hybridized carbons (Fsp3) is 0.357. The molecule has 0 spiro atoms. The van der Waals surface area contributed by atoms with Crippen molar-refractivity contribution in [1.29, 1.82) is 0 Å². The molecule has 0 amide bonds. The van der Waals surface area contributed by atoms with Gasteiger partial charge in [-0.2, -0.15) is 0 Å². The summed E-state index contributed by atoms with van der Waals surface area (Å²) in [6, 6.07) is 8.14. The van der Waals surface area contributed by atoms with E-state index in [0.717, 1.165) is 30.9 Å². The number of oxazole rings is 1. The van der Waals surface area contributed by atoms with E-state index in [4.69, 9.17) is 16.0 Å². The van der Waals surface area contributed by atoms with Crippen molar-refractivity contribution < 1.29 is 4.42 Å². The third-order valence-electron chi connectivity index (χ3n) is 3.42. The Kier molecular flexibility index (Phi) is 5.05. The van der Waals surface area contributed by atoms with Crippen molar-refractivity contribution in [2.24, 2.45) is 0 Å². The number of likely N-dealkylation sites (N-methyl/N-ethyl adjacent to an activating group) is 1. The van der Waals surface area contributed by atoms with Crippen molar-refractivity contribution >= 4 is 24.0 Å². The van der Waals surface area contributed by atoms with E-state index >= 15 is 0 Å². The summed E-state index contributed by atoms with van der Waals surface area (Å²) in [7, 11) is 2.11. The van der Waals surface area contributed by atoms with Crippen LogP contribution in [0.2, 0.25) is 5.02 Å². The summed E-state index contributed by atoms with van der Waals surface area (Å²) in [4.78, 5) is 6.80. The lowest BCUT2D eigenvalue weighted by Crippen LogP contribution is -2.55. The highest BCUT2D eigenvalue weighted by molar-refractivity contribution is 6.30. The molecular formula is C14H17Cl2N3O. The Labute approximate surface area is 129 Å². The molecule has 2 aromatic rings. The average molecular weight is 314 g/mol. The molecule has 1 aromatic heterocycles. The number of halogens is 2. The minimum Gasteiger partial charge on any atom is -0.444 e. The van der Waals surface area contributed by atoms with Crippen molar-refractivity contribution in [1.82, 2.24) is 15.2 Å². The van der Waals surface area contributed by atoms with E-state index in [1.807, 2.05) is 24.3 Å². The number of hydrogen-bond acceptors (Lipinski definition) is 4. The van der Waals surface area contributed by atoms with Crippen LogP contribution in [0.3, 0.4) is 0 Å². The van der Waals surface area contributed by atoms with Gasteiger partial charge >= 0.3 is 0 Å². The van der Waals surface area contributed by atoms with E-state index in [2.05, 4.69) is 22.2 Å². The van der Waals surface area contributed by atoms with Gasteiger partial charge < -0.3 is 9.73 Å². The lowest BCUT2D eigenvalue weighted by Gasteiger charge is -2.35. The fourth-order valence-corrected chi connectivity index (χ4v) is 2.29. The molecule has 0 aliphatic carbocycles. The van der Waals surface area contributed by atoms with Gasteiger partial charge in [0.25, 0.3) is 0 Å². The molecule has 20 heavy (non-hydrogen) atoms. The van der Waals surface area contributed by atoms with Gasteiger partial charge in [0, 0.05) is 36.3 Å². The highest BCUT2D eigenvalue weighted by Gasteiger charge is 2.22. The first-order valence-corrected chi connectivity index (χ1v) is 6.71. The maximum absolute atomic E-state index is 5.97. The third kappa shape index (κ3) is 3.33. The lowest BCUT2D eigenvalue weighted by atomic mass is 10.1. The summed E-state index contributed by atoms with van der Waals surface area (Å²) in [5, 5.41) is 3.95. The fourth-order valence-electron chi connectivity index (χ4n) is 2.10.